The van der Waals surface area contributed by atoms with E-state index in [9.17, 15) is 18.4 Å². The number of benzene rings is 1. The topological polar surface area (TPSA) is 66.4 Å². The van der Waals surface area contributed by atoms with Crippen molar-refractivity contribution in [3.63, 3.8) is 0 Å². The fourth-order valence-corrected chi connectivity index (χ4v) is 2.59. The maximum Gasteiger partial charge on any atom is 0.307 e. The molecule has 6 heteroatoms. The Morgan fingerprint density at radius 3 is 2.35 bits per heavy atom. The molecule has 0 saturated heterocycles. The minimum absolute atomic E-state index is 0.00313. The summed E-state index contributed by atoms with van der Waals surface area (Å²) in [7, 11) is 0. The Hall–Kier alpha value is -1.98. The first-order valence-corrected chi connectivity index (χ1v) is 6.46. The summed E-state index contributed by atoms with van der Waals surface area (Å²) in [5, 5.41) is 11.4. The van der Waals surface area contributed by atoms with Gasteiger partial charge in [-0.05, 0) is 25.0 Å². The van der Waals surface area contributed by atoms with Crippen molar-refractivity contribution in [2.75, 3.05) is 0 Å². The minimum atomic E-state index is -0.974. The van der Waals surface area contributed by atoms with Crippen LogP contribution in [0.2, 0.25) is 0 Å². The van der Waals surface area contributed by atoms with Crippen molar-refractivity contribution in [1.82, 2.24) is 5.32 Å². The lowest BCUT2D eigenvalue weighted by Gasteiger charge is -2.06. The number of amides is 1. The first kappa shape index (κ1) is 13.0. The van der Waals surface area contributed by atoms with Crippen molar-refractivity contribution in [1.29, 1.82) is 0 Å². The van der Waals surface area contributed by atoms with Gasteiger partial charge >= 0.3 is 5.97 Å². The lowest BCUT2D eigenvalue weighted by atomic mass is 10.1. The van der Waals surface area contributed by atoms with Crippen LogP contribution in [0.4, 0.5) is 8.78 Å². The third-order valence-electron chi connectivity index (χ3n) is 3.93. The molecule has 4 nitrogen and oxygen atoms in total. The van der Waals surface area contributed by atoms with Crippen LogP contribution in [0.5, 0.6) is 0 Å². The highest BCUT2D eigenvalue weighted by molar-refractivity contribution is 5.89. The van der Waals surface area contributed by atoms with E-state index in [0.29, 0.717) is 12.8 Å². The molecular weight excluding hydrogens is 268 g/mol. The Balaban J connectivity index is 1.60. The maximum atomic E-state index is 13.6. The number of aliphatic carboxylic acids is 1. The van der Waals surface area contributed by atoms with Crippen LogP contribution >= 0.6 is 0 Å². The van der Waals surface area contributed by atoms with Gasteiger partial charge in [-0.1, -0.05) is 6.07 Å². The number of nitrogens with one attached hydrogen (secondary N) is 1. The van der Waals surface area contributed by atoms with Crippen LogP contribution in [-0.2, 0) is 9.59 Å². The zero-order valence-electron chi connectivity index (χ0n) is 10.5. The number of halogens is 2. The summed E-state index contributed by atoms with van der Waals surface area (Å²) in [5.74, 6) is -4.00. The molecular formula is C14H13F2NO3. The van der Waals surface area contributed by atoms with E-state index < -0.39 is 29.4 Å². The van der Waals surface area contributed by atoms with Crippen molar-refractivity contribution in [3.8, 4) is 0 Å². The quantitative estimate of drug-likeness (QED) is 0.882. The van der Waals surface area contributed by atoms with Gasteiger partial charge in [0.1, 0.15) is 11.6 Å². The number of rotatable bonds is 4. The molecule has 1 aromatic rings. The van der Waals surface area contributed by atoms with Gasteiger partial charge in [-0.25, -0.2) is 8.78 Å². The lowest BCUT2D eigenvalue weighted by molar-refractivity contribution is -0.140. The zero-order valence-corrected chi connectivity index (χ0v) is 10.5. The number of hydrogen-bond donors (Lipinski definition) is 2. The minimum Gasteiger partial charge on any atom is -0.481 e. The smallest absolute Gasteiger partial charge is 0.307 e. The van der Waals surface area contributed by atoms with E-state index in [0.717, 1.165) is 0 Å². The monoisotopic (exact) mass is 281 g/mol. The predicted molar refractivity (Wildman–Crippen MR) is 64.9 cm³/mol. The highest BCUT2D eigenvalue weighted by Gasteiger charge is 2.51. The average Bonchev–Trinajstić information content (AvgIpc) is 3.22. The van der Waals surface area contributed by atoms with E-state index in [2.05, 4.69) is 5.32 Å². The molecule has 0 heterocycles. The van der Waals surface area contributed by atoms with Gasteiger partial charge in [-0.15, -0.1) is 0 Å². The van der Waals surface area contributed by atoms with E-state index >= 15 is 0 Å². The van der Waals surface area contributed by atoms with Crippen molar-refractivity contribution in [2.45, 2.75) is 24.8 Å². The molecule has 0 aromatic heterocycles. The number of carbonyl (C=O) groups is 2. The van der Waals surface area contributed by atoms with Crippen molar-refractivity contribution in [2.24, 2.45) is 11.8 Å². The third-order valence-corrected chi connectivity index (χ3v) is 3.93. The standard InChI is InChI=1S/C14H13F2NO3/c15-9-2-1-3-10(16)12(9)8-5-11(8)17-13(18)6-4-7(6)14(19)20/h1-3,6-8,11H,4-5H2,(H,17,18)(H,19,20). The second kappa shape index (κ2) is 4.54. The van der Waals surface area contributed by atoms with Gasteiger partial charge < -0.3 is 10.4 Å². The molecule has 0 radical (unpaired) electrons. The highest BCUT2D eigenvalue weighted by atomic mass is 19.1. The Kier molecular flexibility index (Phi) is 2.96. The van der Waals surface area contributed by atoms with Crippen LogP contribution in [0.25, 0.3) is 0 Å². The molecule has 0 spiro atoms. The van der Waals surface area contributed by atoms with E-state index in [4.69, 9.17) is 5.11 Å². The van der Waals surface area contributed by atoms with Crippen LogP contribution in [0.3, 0.4) is 0 Å². The fourth-order valence-electron chi connectivity index (χ4n) is 2.59. The van der Waals surface area contributed by atoms with Crippen molar-refractivity contribution >= 4 is 11.9 Å². The van der Waals surface area contributed by atoms with Crippen LogP contribution in [-0.4, -0.2) is 23.0 Å². The van der Waals surface area contributed by atoms with Crippen molar-refractivity contribution in [3.05, 3.63) is 35.4 Å². The van der Waals surface area contributed by atoms with Crippen LogP contribution in [0.15, 0.2) is 18.2 Å². The Labute approximate surface area is 113 Å². The molecule has 2 fully saturated rings. The first-order chi connectivity index (χ1) is 9.49. The predicted octanol–water partition coefficient (Wildman–Crippen LogP) is 1.66. The molecule has 1 aromatic carbocycles. The first-order valence-electron chi connectivity index (χ1n) is 6.46. The Bertz CT molecular complexity index is 570. The van der Waals surface area contributed by atoms with Gasteiger partial charge in [0.05, 0.1) is 11.8 Å². The summed E-state index contributed by atoms with van der Waals surface area (Å²) in [6, 6.07) is 3.38. The molecule has 3 rings (SSSR count). The number of hydrogen-bond acceptors (Lipinski definition) is 2. The number of carboxylic acids is 1. The summed E-state index contributed by atoms with van der Waals surface area (Å²) in [6.45, 7) is 0. The van der Waals surface area contributed by atoms with Gasteiger partial charge in [0.15, 0.2) is 0 Å². The van der Waals surface area contributed by atoms with Gasteiger partial charge in [0.2, 0.25) is 5.91 Å². The largest absolute Gasteiger partial charge is 0.481 e. The molecule has 0 aliphatic heterocycles. The second-order valence-electron chi connectivity index (χ2n) is 5.38. The number of carbonyl (C=O) groups excluding carboxylic acids is 1. The SMILES string of the molecule is O=C(O)C1CC1C(=O)NC1CC1c1c(F)cccc1F. The summed E-state index contributed by atoms with van der Waals surface area (Å²) >= 11 is 0. The zero-order chi connectivity index (χ0) is 14.4. The maximum absolute atomic E-state index is 13.6. The van der Waals surface area contributed by atoms with Gasteiger partial charge in [-0.2, -0.15) is 0 Å². The normalized spacial score (nSPS) is 30.7. The molecule has 2 aliphatic rings. The summed E-state index contributed by atoms with van der Waals surface area (Å²) in [5.41, 5.74) is 0.00313. The molecule has 0 bridgehead atoms. The van der Waals surface area contributed by atoms with Crippen molar-refractivity contribution < 1.29 is 23.5 Å². The molecule has 2 N–H and O–H groups in total. The molecule has 4 unspecified atom stereocenters. The molecule has 4 atom stereocenters. The number of carboxylic acid groups (broad SMARTS) is 1. The molecule has 2 aliphatic carbocycles. The molecule has 1 amide bonds. The fraction of sp³-hybridized carbons (Fsp3) is 0.429. The summed E-state index contributed by atoms with van der Waals surface area (Å²) < 4.78 is 27.1. The van der Waals surface area contributed by atoms with Crippen LogP contribution in [0, 0.1) is 23.5 Å². The third kappa shape index (κ3) is 2.26. The average molecular weight is 281 g/mol. The lowest BCUT2D eigenvalue weighted by Crippen LogP contribution is -2.29. The summed E-state index contributed by atoms with van der Waals surface area (Å²) in [4.78, 5) is 22.4. The van der Waals surface area contributed by atoms with Gasteiger partial charge in [0.25, 0.3) is 0 Å². The van der Waals surface area contributed by atoms with E-state index in [1.165, 1.54) is 18.2 Å². The van der Waals surface area contributed by atoms with Gasteiger partial charge in [-0.3, -0.25) is 9.59 Å². The molecule has 106 valence electrons. The molecule has 20 heavy (non-hydrogen) atoms. The van der Waals surface area contributed by atoms with E-state index in [1.807, 2.05) is 0 Å². The highest BCUT2D eigenvalue weighted by Crippen LogP contribution is 2.45. The summed E-state index contributed by atoms with van der Waals surface area (Å²) in [6.07, 6.45) is 0.820. The van der Waals surface area contributed by atoms with Crippen LogP contribution < -0.4 is 5.32 Å². The Morgan fingerprint density at radius 2 is 1.80 bits per heavy atom. The van der Waals surface area contributed by atoms with Crippen LogP contribution in [0.1, 0.15) is 24.3 Å². The molecule has 2 saturated carbocycles. The second-order valence-corrected chi connectivity index (χ2v) is 5.38. The van der Waals surface area contributed by atoms with E-state index in [1.54, 1.807) is 0 Å². The Morgan fingerprint density at radius 1 is 1.15 bits per heavy atom. The van der Waals surface area contributed by atoms with Gasteiger partial charge in [0, 0.05) is 17.5 Å². The van der Waals surface area contributed by atoms with E-state index in [-0.39, 0.29) is 23.4 Å².